The Morgan fingerprint density at radius 3 is 2.93 bits per heavy atom. The lowest BCUT2D eigenvalue weighted by molar-refractivity contribution is 0.628. The number of nitrogens with zero attached hydrogens (tertiary/aromatic N) is 1. The van der Waals surface area contributed by atoms with Crippen LogP contribution in [0.5, 0.6) is 0 Å². The number of aromatic amines is 1. The summed E-state index contributed by atoms with van der Waals surface area (Å²) in [5.74, 6) is -0.283. The molecule has 78 valence electrons. The first-order valence-corrected chi connectivity index (χ1v) is 5.20. The summed E-state index contributed by atoms with van der Waals surface area (Å²) in [6, 6.07) is 6.27. The molecule has 0 spiro atoms. The van der Waals surface area contributed by atoms with E-state index in [-0.39, 0.29) is 5.82 Å². The molecule has 0 bridgehead atoms. The molecule has 0 radical (unpaired) electrons. The van der Waals surface area contributed by atoms with Crippen LogP contribution >= 0.6 is 15.9 Å². The fourth-order valence-corrected chi connectivity index (χ4v) is 1.82. The molecule has 1 heterocycles. The molecule has 0 aliphatic heterocycles. The van der Waals surface area contributed by atoms with Crippen LogP contribution in [0.2, 0.25) is 0 Å². The molecule has 0 aliphatic carbocycles. The lowest BCUT2D eigenvalue weighted by atomic mass is 10.1. The molecule has 3 nitrogen and oxygen atoms in total. The Morgan fingerprint density at radius 1 is 1.47 bits per heavy atom. The first kappa shape index (κ1) is 10.3. The van der Waals surface area contributed by atoms with Crippen molar-refractivity contribution in [1.29, 1.82) is 0 Å². The van der Waals surface area contributed by atoms with Gasteiger partial charge in [-0.25, -0.2) is 9.37 Å². The van der Waals surface area contributed by atoms with Crippen LogP contribution in [-0.2, 0) is 6.54 Å². The molecule has 0 aliphatic rings. The lowest BCUT2D eigenvalue weighted by Gasteiger charge is -1.99. The van der Waals surface area contributed by atoms with Crippen molar-refractivity contribution in [1.82, 2.24) is 9.97 Å². The van der Waals surface area contributed by atoms with Gasteiger partial charge in [-0.15, -0.1) is 0 Å². The first-order valence-electron chi connectivity index (χ1n) is 4.41. The summed E-state index contributed by atoms with van der Waals surface area (Å²) < 4.78 is 13.6. The van der Waals surface area contributed by atoms with Crippen molar-refractivity contribution in [2.45, 2.75) is 6.54 Å². The molecule has 0 saturated heterocycles. The second kappa shape index (κ2) is 4.12. The number of aromatic nitrogens is 2. The molecule has 0 unspecified atom stereocenters. The largest absolute Gasteiger partial charge is 0.335 e. The van der Waals surface area contributed by atoms with Crippen LogP contribution in [0.15, 0.2) is 29.0 Å². The Kier molecular flexibility index (Phi) is 2.83. The van der Waals surface area contributed by atoms with Crippen molar-refractivity contribution in [3.8, 4) is 11.3 Å². The normalized spacial score (nSPS) is 10.6. The van der Waals surface area contributed by atoms with E-state index in [1.54, 1.807) is 12.1 Å². The van der Waals surface area contributed by atoms with Gasteiger partial charge in [-0.3, -0.25) is 0 Å². The maximum Gasteiger partial charge on any atom is 0.175 e. The third-order valence-corrected chi connectivity index (χ3v) is 2.43. The quantitative estimate of drug-likeness (QED) is 0.880. The minimum atomic E-state index is -0.283. The van der Waals surface area contributed by atoms with Crippen LogP contribution in [0, 0.1) is 5.82 Å². The molecule has 0 atom stereocenters. The number of nitrogens with one attached hydrogen (secondary N) is 1. The fraction of sp³-hybridized carbons (Fsp3) is 0.100. The molecule has 2 rings (SSSR count). The number of H-pyrrole nitrogens is 1. The number of benzene rings is 1. The SMILES string of the molecule is NCc1[nH]c(Br)nc1-c1cccc(F)c1. The van der Waals surface area contributed by atoms with E-state index in [1.807, 2.05) is 0 Å². The highest BCUT2D eigenvalue weighted by Crippen LogP contribution is 2.23. The van der Waals surface area contributed by atoms with E-state index in [1.165, 1.54) is 12.1 Å². The molecule has 0 fully saturated rings. The minimum absolute atomic E-state index is 0.283. The number of rotatable bonds is 2. The smallest absolute Gasteiger partial charge is 0.175 e. The zero-order chi connectivity index (χ0) is 10.8. The Hall–Kier alpha value is -1.20. The topological polar surface area (TPSA) is 54.7 Å². The fourth-order valence-electron chi connectivity index (χ4n) is 1.40. The van der Waals surface area contributed by atoms with Crippen LogP contribution in [0.3, 0.4) is 0 Å². The summed E-state index contributed by atoms with van der Waals surface area (Å²) in [4.78, 5) is 7.18. The summed E-state index contributed by atoms with van der Waals surface area (Å²) in [6.07, 6.45) is 0. The molecule has 0 amide bonds. The van der Waals surface area contributed by atoms with Gasteiger partial charge in [0.2, 0.25) is 0 Å². The van der Waals surface area contributed by atoms with Crippen LogP contribution in [-0.4, -0.2) is 9.97 Å². The minimum Gasteiger partial charge on any atom is -0.335 e. The van der Waals surface area contributed by atoms with Gasteiger partial charge in [0.05, 0.1) is 11.4 Å². The van der Waals surface area contributed by atoms with E-state index in [9.17, 15) is 4.39 Å². The number of hydrogen-bond acceptors (Lipinski definition) is 2. The van der Waals surface area contributed by atoms with Gasteiger partial charge in [0.1, 0.15) is 5.82 Å². The Bertz CT molecular complexity index is 481. The molecular weight excluding hydrogens is 261 g/mol. The standard InChI is InChI=1S/C10H9BrFN3/c11-10-14-8(5-13)9(15-10)6-2-1-3-7(12)4-6/h1-4H,5,13H2,(H,14,15). The number of halogens is 2. The van der Waals surface area contributed by atoms with Gasteiger partial charge in [0, 0.05) is 12.1 Å². The van der Waals surface area contributed by atoms with Gasteiger partial charge in [-0.1, -0.05) is 12.1 Å². The highest BCUT2D eigenvalue weighted by atomic mass is 79.9. The summed E-state index contributed by atoms with van der Waals surface area (Å²) in [6.45, 7) is 0.338. The van der Waals surface area contributed by atoms with E-state index in [0.717, 1.165) is 11.3 Å². The van der Waals surface area contributed by atoms with Gasteiger partial charge in [0.25, 0.3) is 0 Å². The van der Waals surface area contributed by atoms with Crippen LogP contribution < -0.4 is 5.73 Å². The second-order valence-corrected chi connectivity index (χ2v) is 3.82. The molecule has 0 saturated carbocycles. The zero-order valence-corrected chi connectivity index (χ0v) is 9.38. The Morgan fingerprint density at radius 2 is 2.27 bits per heavy atom. The van der Waals surface area contributed by atoms with Gasteiger partial charge < -0.3 is 10.7 Å². The highest BCUT2D eigenvalue weighted by molar-refractivity contribution is 9.10. The molecule has 15 heavy (non-hydrogen) atoms. The molecule has 3 N–H and O–H groups in total. The van der Waals surface area contributed by atoms with Crippen molar-refractivity contribution in [3.63, 3.8) is 0 Å². The molecule has 2 aromatic rings. The van der Waals surface area contributed by atoms with Crippen molar-refractivity contribution >= 4 is 15.9 Å². The lowest BCUT2D eigenvalue weighted by Crippen LogP contribution is -1.98. The zero-order valence-electron chi connectivity index (χ0n) is 7.80. The summed E-state index contributed by atoms with van der Waals surface area (Å²) in [7, 11) is 0. The van der Waals surface area contributed by atoms with Crippen molar-refractivity contribution in [3.05, 3.63) is 40.5 Å². The molecule has 5 heteroatoms. The predicted octanol–water partition coefficient (Wildman–Crippen LogP) is 2.44. The maximum absolute atomic E-state index is 13.0. The van der Waals surface area contributed by atoms with Gasteiger partial charge in [-0.2, -0.15) is 0 Å². The van der Waals surface area contributed by atoms with E-state index in [0.29, 0.717) is 17.0 Å². The monoisotopic (exact) mass is 269 g/mol. The van der Waals surface area contributed by atoms with Crippen molar-refractivity contribution < 1.29 is 4.39 Å². The predicted molar refractivity (Wildman–Crippen MR) is 59.6 cm³/mol. The average molecular weight is 270 g/mol. The van der Waals surface area contributed by atoms with E-state index in [4.69, 9.17) is 5.73 Å². The Labute approximate surface area is 94.7 Å². The average Bonchev–Trinajstić information content (AvgIpc) is 2.59. The third kappa shape index (κ3) is 2.08. The van der Waals surface area contributed by atoms with E-state index >= 15 is 0 Å². The molecular formula is C10H9BrFN3. The van der Waals surface area contributed by atoms with Crippen molar-refractivity contribution in [2.24, 2.45) is 5.73 Å². The molecule has 1 aromatic heterocycles. The van der Waals surface area contributed by atoms with Crippen molar-refractivity contribution in [2.75, 3.05) is 0 Å². The Balaban J connectivity index is 2.53. The number of hydrogen-bond donors (Lipinski definition) is 2. The van der Waals surface area contributed by atoms with E-state index < -0.39 is 0 Å². The van der Waals surface area contributed by atoms with Crippen LogP contribution in [0.1, 0.15) is 5.69 Å². The number of nitrogens with two attached hydrogens (primary N) is 1. The summed E-state index contributed by atoms with van der Waals surface area (Å²) >= 11 is 3.22. The van der Waals surface area contributed by atoms with Gasteiger partial charge >= 0.3 is 0 Å². The van der Waals surface area contributed by atoms with Gasteiger partial charge in [0.15, 0.2) is 4.73 Å². The third-order valence-electron chi connectivity index (χ3n) is 2.05. The van der Waals surface area contributed by atoms with E-state index in [2.05, 4.69) is 25.9 Å². The molecule has 1 aromatic carbocycles. The highest BCUT2D eigenvalue weighted by Gasteiger charge is 2.09. The number of imidazole rings is 1. The second-order valence-electron chi connectivity index (χ2n) is 3.07. The first-order chi connectivity index (χ1) is 7.20. The van der Waals surface area contributed by atoms with Crippen LogP contribution in [0.25, 0.3) is 11.3 Å². The maximum atomic E-state index is 13.0. The van der Waals surface area contributed by atoms with Gasteiger partial charge in [-0.05, 0) is 28.1 Å². The summed E-state index contributed by atoms with van der Waals surface area (Å²) in [5, 5.41) is 0. The summed E-state index contributed by atoms with van der Waals surface area (Å²) in [5.41, 5.74) is 7.74. The van der Waals surface area contributed by atoms with Crippen LogP contribution in [0.4, 0.5) is 4.39 Å².